The Balaban J connectivity index is 1.59. The molecule has 10 heteroatoms. The van der Waals surface area contributed by atoms with Crippen LogP contribution in [-0.2, 0) is 15.9 Å². The monoisotopic (exact) mass is 427 g/mol. The van der Waals surface area contributed by atoms with Crippen molar-refractivity contribution in [3.63, 3.8) is 0 Å². The van der Waals surface area contributed by atoms with E-state index in [1.54, 1.807) is 12.4 Å². The van der Waals surface area contributed by atoms with E-state index in [9.17, 15) is 23.0 Å². The number of nitrogens with zero attached hydrogens (tertiary/aromatic N) is 2. The number of pyridine rings is 1. The number of nitrogens with two attached hydrogens (primary N) is 1. The summed E-state index contributed by atoms with van der Waals surface area (Å²) in [6.07, 6.45) is -1.28. The van der Waals surface area contributed by atoms with Crippen molar-refractivity contribution in [2.45, 2.75) is 18.5 Å². The number of hydrogen-bond donors (Lipinski definition) is 2. The van der Waals surface area contributed by atoms with E-state index >= 15 is 0 Å². The summed E-state index contributed by atoms with van der Waals surface area (Å²) in [5.74, 6) is -2.36. The maximum absolute atomic E-state index is 13.0. The van der Waals surface area contributed by atoms with Crippen molar-refractivity contribution in [1.29, 1.82) is 0 Å². The fourth-order valence-electron chi connectivity index (χ4n) is 3.55. The first-order valence-corrected chi connectivity index (χ1v) is 9.46. The number of ketones is 1. The summed E-state index contributed by atoms with van der Waals surface area (Å²) in [7, 11) is -1.84. The van der Waals surface area contributed by atoms with Crippen molar-refractivity contribution in [1.82, 2.24) is 4.98 Å². The molecule has 0 saturated carbocycles. The minimum absolute atomic E-state index is 0.00312. The Morgan fingerprint density at radius 2 is 1.97 bits per heavy atom. The molecule has 0 aliphatic carbocycles. The minimum atomic E-state index is -4.82. The van der Waals surface area contributed by atoms with Gasteiger partial charge in [0.25, 0.3) is 5.90 Å². The van der Waals surface area contributed by atoms with Crippen LogP contribution in [0.2, 0.25) is 0 Å². The minimum Gasteiger partial charge on any atom is -0.515 e. The van der Waals surface area contributed by atoms with E-state index in [0.717, 1.165) is 16.3 Å². The van der Waals surface area contributed by atoms with Crippen LogP contribution in [0.15, 0.2) is 59.9 Å². The van der Waals surface area contributed by atoms with Gasteiger partial charge in [-0.3, -0.25) is 9.78 Å². The van der Waals surface area contributed by atoms with Crippen LogP contribution >= 0.6 is 0 Å². The quantitative estimate of drug-likeness (QED) is 0.610. The largest absolute Gasteiger partial charge is 0.563 e. The molecule has 3 N–H and O–H groups in total. The summed E-state index contributed by atoms with van der Waals surface area (Å²) in [6.45, 7) is 0.00312. The van der Waals surface area contributed by atoms with Gasteiger partial charge in [-0.1, -0.05) is 30.3 Å². The third kappa shape index (κ3) is 4.30. The molecule has 6 nitrogen and oxygen atoms in total. The second-order valence-corrected chi connectivity index (χ2v) is 7.19. The van der Waals surface area contributed by atoms with Crippen LogP contribution in [0, 0.1) is 0 Å². The lowest BCUT2D eigenvalue weighted by atomic mass is 9.75. The smallest absolute Gasteiger partial charge is 0.515 e. The van der Waals surface area contributed by atoms with Gasteiger partial charge in [0.2, 0.25) is 0 Å². The molecule has 2 heterocycles. The third-order valence-corrected chi connectivity index (χ3v) is 5.12. The van der Waals surface area contributed by atoms with Gasteiger partial charge < -0.3 is 15.4 Å². The SMILES string of the molecule is NC[C@@H](C(=O)Cc1ccc2cnccc2c1)c1ccc2c(c1)B(O)OC(C(F)(F)F)=N2. The van der Waals surface area contributed by atoms with Gasteiger partial charge in [-0.15, -0.1) is 0 Å². The number of halogens is 3. The molecule has 1 atom stereocenters. The maximum Gasteiger partial charge on any atom is 0.563 e. The third-order valence-electron chi connectivity index (χ3n) is 5.12. The number of hydrogen-bond acceptors (Lipinski definition) is 6. The van der Waals surface area contributed by atoms with Gasteiger partial charge in [0.15, 0.2) is 0 Å². The standard InChI is InChI=1S/C21H17BF3N3O3/c23-21(24,25)20-28-18-4-3-14(9-17(18)22(30)31-20)16(10-26)19(29)8-12-1-2-15-11-27-6-5-13(15)7-12/h1-7,9,11,16,30H,8,10,26H2/t16-/m1/s1. The molecule has 31 heavy (non-hydrogen) atoms. The maximum atomic E-state index is 13.0. The lowest BCUT2D eigenvalue weighted by Gasteiger charge is -2.22. The van der Waals surface area contributed by atoms with Gasteiger partial charge in [-0.25, -0.2) is 4.99 Å². The molecular weight excluding hydrogens is 410 g/mol. The van der Waals surface area contributed by atoms with Crippen LogP contribution in [-0.4, -0.2) is 41.5 Å². The molecule has 1 aliphatic heterocycles. The summed E-state index contributed by atoms with van der Waals surface area (Å²) >= 11 is 0. The Labute approximate surface area is 175 Å². The van der Waals surface area contributed by atoms with E-state index in [4.69, 9.17) is 5.73 Å². The molecule has 158 valence electrons. The molecule has 0 saturated heterocycles. The van der Waals surface area contributed by atoms with Crippen molar-refractivity contribution in [2.75, 3.05) is 6.54 Å². The number of aromatic nitrogens is 1. The van der Waals surface area contributed by atoms with Gasteiger partial charge in [-0.05, 0) is 28.6 Å². The first-order valence-electron chi connectivity index (χ1n) is 9.46. The molecule has 1 aliphatic rings. The summed E-state index contributed by atoms with van der Waals surface area (Å²) in [5.41, 5.74) is 7.11. The number of alkyl halides is 3. The van der Waals surface area contributed by atoms with Crippen LogP contribution in [0.4, 0.5) is 18.9 Å². The van der Waals surface area contributed by atoms with E-state index in [0.29, 0.717) is 5.56 Å². The van der Waals surface area contributed by atoms with Gasteiger partial charge in [0, 0.05) is 36.2 Å². The fraction of sp³-hybridized carbons (Fsp3) is 0.190. The zero-order valence-electron chi connectivity index (χ0n) is 16.1. The lowest BCUT2D eigenvalue weighted by molar-refractivity contribution is -0.119. The highest BCUT2D eigenvalue weighted by Gasteiger charge is 2.44. The molecule has 4 rings (SSSR count). The van der Waals surface area contributed by atoms with Crippen molar-refractivity contribution in [2.24, 2.45) is 10.7 Å². The number of rotatable bonds is 5. The highest BCUT2D eigenvalue weighted by molar-refractivity contribution is 6.64. The number of carbonyl (C=O) groups excluding carboxylic acids is 1. The number of aliphatic imine (C=N–C) groups is 1. The average Bonchev–Trinajstić information content (AvgIpc) is 2.73. The van der Waals surface area contributed by atoms with E-state index in [2.05, 4.69) is 14.6 Å². The van der Waals surface area contributed by atoms with E-state index < -0.39 is 25.1 Å². The van der Waals surface area contributed by atoms with Crippen LogP contribution in [0.5, 0.6) is 0 Å². The Morgan fingerprint density at radius 3 is 2.71 bits per heavy atom. The number of fused-ring (bicyclic) bond motifs is 2. The second-order valence-electron chi connectivity index (χ2n) is 7.19. The first kappa shape index (κ1) is 21.0. The van der Waals surface area contributed by atoms with Crippen molar-refractivity contribution in [3.8, 4) is 0 Å². The van der Waals surface area contributed by atoms with E-state index in [-0.39, 0.29) is 29.9 Å². The molecule has 0 unspecified atom stereocenters. The van der Waals surface area contributed by atoms with Gasteiger partial charge in [-0.2, -0.15) is 13.2 Å². The summed E-state index contributed by atoms with van der Waals surface area (Å²) in [6, 6.07) is 11.7. The molecule has 0 bridgehead atoms. The number of Topliss-reactive ketones (excluding diaryl/α,β-unsaturated/α-hetero) is 1. The molecule has 3 aromatic rings. The molecule has 0 spiro atoms. The Hall–Kier alpha value is -3.24. The normalized spacial score (nSPS) is 14.6. The van der Waals surface area contributed by atoms with Crippen molar-refractivity contribution in [3.05, 3.63) is 66.0 Å². The number of carbonyl (C=O) groups is 1. The fourth-order valence-corrected chi connectivity index (χ4v) is 3.55. The average molecular weight is 427 g/mol. The van der Waals surface area contributed by atoms with Crippen LogP contribution in [0.25, 0.3) is 10.8 Å². The summed E-state index contributed by atoms with van der Waals surface area (Å²) in [4.78, 5) is 20.4. The highest BCUT2D eigenvalue weighted by Crippen LogP contribution is 2.28. The topological polar surface area (TPSA) is 97.8 Å². The Morgan fingerprint density at radius 1 is 1.16 bits per heavy atom. The first-order chi connectivity index (χ1) is 14.8. The van der Waals surface area contributed by atoms with Gasteiger partial charge in [0.1, 0.15) is 5.78 Å². The predicted molar refractivity (Wildman–Crippen MR) is 111 cm³/mol. The van der Waals surface area contributed by atoms with Crippen molar-refractivity contribution < 1.29 is 27.6 Å². The molecule has 0 radical (unpaired) electrons. The van der Waals surface area contributed by atoms with Crippen molar-refractivity contribution >= 4 is 40.7 Å². The second kappa shape index (κ2) is 8.12. The van der Waals surface area contributed by atoms with E-state index in [1.807, 2.05) is 24.3 Å². The van der Waals surface area contributed by atoms with Gasteiger partial charge in [0.05, 0.1) is 11.6 Å². The zero-order valence-corrected chi connectivity index (χ0v) is 16.1. The van der Waals surface area contributed by atoms with Crippen LogP contribution < -0.4 is 11.2 Å². The zero-order chi connectivity index (χ0) is 22.2. The molecule has 2 aromatic carbocycles. The van der Waals surface area contributed by atoms with Crippen LogP contribution in [0.1, 0.15) is 17.0 Å². The molecule has 0 amide bonds. The summed E-state index contributed by atoms with van der Waals surface area (Å²) < 4.78 is 43.1. The Bertz CT molecular complexity index is 1180. The van der Waals surface area contributed by atoms with E-state index in [1.165, 1.54) is 18.2 Å². The Kier molecular flexibility index (Phi) is 5.51. The highest BCUT2D eigenvalue weighted by atomic mass is 19.4. The summed E-state index contributed by atoms with van der Waals surface area (Å²) in [5, 5.41) is 11.9. The molecule has 1 aromatic heterocycles. The molecular formula is C21H17BF3N3O3. The molecule has 0 fully saturated rings. The van der Waals surface area contributed by atoms with Crippen LogP contribution in [0.3, 0.4) is 0 Å². The van der Waals surface area contributed by atoms with Gasteiger partial charge >= 0.3 is 13.3 Å². The predicted octanol–water partition coefficient (Wildman–Crippen LogP) is 2.40. The number of benzene rings is 2. The lowest BCUT2D eigenvalue weighted by Crippen LogP contribution is -2.44.